The number of carbonyl (C=O) groups excluding carboxylic acids is 8. The monoisotopic (exact) mass is 1100 g/mol. The van der Waals surface area contributed by atoms with Crippen LogP contribution in [0.1, 0.15) is 153 Å². The molecule has 6 aliphatic rings. The highest BCUT2D eigenvalue weighted by atomic mass is 16.2. The third kappa shape index (κ3) is 20.3. The zero-order valence-corrected chi connectivity index (χ0v) is 51.5. The molecule has 3 aliphatic heterocycles. The van der Waals surface area contributed by atoms with Crippen LogP contribution in [-0.4, -0.2) is 225 Å². The van der Waals surface area contributed by atoms with Crippen molar-refractivity contribution in [2.45, 2.75) is 153 Å². The van der Waals surface area contributed by atoms with Crippen LogP contribution >= 0.6 is 0 Å². The largest absolute Gasteiger partial charge is 0.344 e. The highest BCUT2D eigenvalue weighted by Crippen LogP contribution is 2.39. The quantitative estimate of drug-likeness (QED) is 0.208. The van der Waals surface area contributed by atoms with E-state index in [9.17, 15) is 38.4 Å². The predicted molar refractivity (Wildman–Crippen MR) is 309 cm³/mol. The van der Waals surface area contributed by atoms with E-state index in [4.69, 9.17) is 0 Å². The van der Waals surface area contributed by atoms with Gasteiger partial charge in [0.1, 0.15) is 17.3 Å². The molecule has 446 valence electrons. The fourth-order valence-corrected chi connectivity index (χ4v) is 12.5. The fraction of sp³-hybridized carbons (Fsp3) is 0.869. The molecule has 1 N–H and O–H groups in total. The molecule has 5 amide bonds. The molecule has 0 aromatic rings. The van der Waals surface area contributed by atoms with Crippen molar-refractivity contribution in [3.63, 3.8) is 0 Å². The molecule has 3 heterocycles. The number of piperazine rings is 3. The first-order chi connectivity index (χ1) is 36.5. The number of ketones is 3. The first kappa shape index (κ1) is 66.7. The number of nitrogens with one attached hydrogen (secondary N) is 1. The zero-order chi connectivity index (χ0) is 58.1. The Morgan fingerprint density at radius 2 is 0.603 bits per heavy atom. The zero-order valence-electron chi connectivity index (χ0n) is 51.5. The molecular formula is C61H109N9O8. The Morgan fingerprint density at radius 1 is 0.372 bits per heavy atom. The van der Waals surface area contributed by atoms with Crippen molar-refractivity contribution in [2.24, 2.45) is 51.8 Å². The molecule has 6 rings (SSSR count). The average molecular weight is 1100 g/mol. The number of hydrogen-bond acceptors (Lipinski definition) is 12. The van der Waals surface area contributed by atoms with Crippen molar-refractivity contribution in [1.29, 1.82) is 0 Å². The molecule has 0 spiro atoms. The summed E-state index contributed by atoms with van der Waals surface area (Å²) in [5.41, 5.74) is -1.15. The second-order valence-electron chi connectivity index (χ2n) is 26.9. The standard InChI is InChI=1S/2C21H37N3O3.C19H35N3O2/c2*1-16(25)24-14-12-23(13-15-24)11-10-22(5)20(27)18-9-7-6-8-17(18)19(26)21(2,3)4;1-19(2,3)17(23)15-7-5-6-8-16(15)18(24)21(4)13-14-22-11-9-20-10-12-22/h2*17-18H,6-15H2,1-5H3;15-16,20H,5-14H2,1-4H3/t2*17-,18+;15-,16+/m100/s1. The van der Waals surface area contributed by atoms with Gasteiger partial charge in [0.15, 0.2) is 0 Å². The minimum atomic E-state index is -0.393. The molecular weight excluding hydrogens is 987 g/mol. The van der Waals surface area contributed by atoms with Gasteiger partial charge in [-0.15, -0.1) is 0 Å². The van der Waals surface area contributed by atoms with E-state index in [0.717, 1.165) is 182 Å². The first-order valence-electron chi connectivity index (χ1n) is 30.3. The Balaban J connectivity index is 0.000000253. The molecule has 3 saturated carbocycles. The Morgan fingerprint density at radius 3 is 0.833 bits per heavy atom. The van der Waals surface area contributed by atoms with Gasteiger partial charge in [0.2, 0.25) is 29.5 Å². The van der Waals surface area contributed by atoms with E-state index in [1.807, 2.05) is 108 Å². The maximum atomic E-state index is 13.1. The highest BCUT2D eigenvalue weighted by Gasteiger charge is 2.43. The van der Waals surface area contributed by atoms with Crippen molar-refractivity contribution in [3.8, 4) is 0 Å². The van der Waals surface area contributed by atoms with E-state index in [2.05, 4.69) is 20.0 Å². The fourth-order valence-electron chi connectivity index (χ4n) is 12.5. The lowest BCUT2D eigenvalue weighted by molar-refractivity contribution is -0.145. The second-order valence-corrected chi connectivity index (χ2v) is 26.9. The van der Waals surface area contributed by atoms with E-state index in [1.54, 1.807) is 13.8 Å². The van der Waals surface area contributed by atoms with Crippen molar-refractivity contribution in [2.75, 3.05) is 139 Å². The van der Waals surface area contributed by atoms with E-state index in [0.29, 0.717) is 13.1 Å². The van der Waals surface area contributed by atoms with Gasteiger partial charge < -0.3 is 29.8 Å². The first-order valence-corrected chi connectivity index (χ1v) is 30.3. The number of rotatable bonds is 15. The maximum absolute atomic E-state index is 13.1. The smallest absolute Gasteiger partial charge is 0.226 e. The predicted octanol–water partition coefficient (Wildman–Crippen LogP) is 5.83. The second kappa shape index (κ2) is 30.9. The lowest BCUT2D eigenvalue weighted by Crippen LogP contribution is -2.50. The SMILES string of the molecule is CC(=O)N1CCN(CCN(C)C(=O)[C@@H]2CCCC[C@@H]2C(=O)C(C)(C)C)CC1.CC(=O)N1CCN(CCN(C)C(=O)[C@H]2CCCC[C@H]2C(=O)C(C)(C)C)CC1.CN(CCN1CCNCC1)C(=O)[C@@H]1CCCC[C@@H]1C(=O)C(C)(C)C. The number of likely N-dealkylation sites (N-methyl/N-ethyl adjacent to an activating group) is 3. The Kier molecular flexibility index (Phi) is 26.4. The van der Waals surface area contributed by atoms with Crippen LogP contribution in [0, 0.1) is 51.8 Å². The molecule has 0 aromatic carbocycles. The summed E-state index contributed by atoms with van der Waals surface area (Å²) in [4.78, 5) is 117. The van der Waals surface area contributed by atoms with Gasteiger partial charge in [-0.1, -0.05) is 101 Å². The van der Waals surface area contributed by atoms with Gasteiger partial charge in [-0.05, 0) is 38.5 Å². The van der Waals surface area contributed by atoms with E-state index in [-0.39, 0.29) is 87.8 Å². The maximum Gasteiger partial charge on any atom is 0.226 e. The summed E-state index contributed by atoms with van der Waals surface area (Å²) >= 11 is 0. The van der Waals surface area contributed by atoms with Crippen LogP contribution in [0.3, 0.4) is 0 Å². The Hall–Kier alpha value is -3.80. The van der Waals surface area contributed by atoms with E-state index in [1.165, 1.54) is 0 Å². The van der Waals surface area contributed by atoms with Crippen LogP contribution in [0.2, 0.25) is 0 Å². The molecule has 17 heteroatoms. The topological polar surface area (TPSA) is 175 Å². The van der Waals surface area contributed by atoms with Crippen molar-refractivity contribution >= 4 is 46.9 Å². The summed E-state index contributed by atoms with van der Waals surface area (Å²) in [5.74, 6) is 0.621. The molecule has 17 nitrogen and oxygen atoms in total. The van der Waals surface area contributed by atoms with Gasteiger partial charge in [0.05, 0.1) is 0 Å². The molecule has 0 bridgehead atoms. The molecule has 6 fully saturated rings. The lowest BCUT2D eigenvalue weighted by atomic mass is 9.70. The number of Topliss-reactive ketones (excluding diaryl/α,β-unsaturated/α-hetero) is 3. The van der Waals surface area contributed by atoms with Gasteiger partial charge in [0, 0.05) is 205 Å². The molecule has 78 heavy (non-hydrogen) atoms. The van der Waals surface area contributed by atoms with E-state index >= 15 is 0 Å². The lowest BCUT2D eigenvalue weighted by Gasteiger charge is -2.37. The molecule has 3 aliphatic carbocycles. The van der Waals surface area contributed by atoms with E-state index < -0.39 is 10.8 Å². The van der Waals surface area contributed by atoms with Gasteiger partial charge in [-0.2, -0.15) is 0 Å². The summed E-state index contributed by atoms with van der Waals surface area (Å²) in [6.07, 6.45) is 11.4. The van der Waals surface area contributed by atoms with Crippen molar-refractivity contribution in [3.05, 3.63) is 0 Å². The van der Waals surface area contributed by atoms with Gasteiger partial charge >= 0.3 is 0 Å². The summed E-state index contributed by atoms with van der Waals surface area (Å²) in [7, 11) is 5.63. The molecule has 0 unspecified atom stereocenters. The molecule has 0 radical (unpaired) electrons. The Bertz CT molecular complexity index is 1870. The number of amides is 5. The number of nitrogens with zero attached hydrogens (tertiary/aromatic N) is 8. The molecule has 6 atom stereocenters. The molecule has 3 saturated heterocycles. The van der Waals surface area contributed by atoms with Crippen molar-refractivity contribution < 1.29 is 38.4 Å². The highest BCUT2D eigenvalue weighted by molar-refractivity contribution is 5.93. The van der Waals surface area contributed by atoms with Crippen LogP contribution in [-0.2, 0) is 38.4 Å². The van der Waals surface area contributed by atoms with Crippen LogP contribution in [0.15, 0.2) is 0 Å². The molecule has 0 aromatic heterocycles. The number of carbonyl (C=O) groups is 8. The summed E-state index contributed by atoms with van der Waals surface area (Å²) in [6, 6.07) is 0. The van der Waals surface area contributed by atoms with Gasteiger partial charge in [0.25, 0.3) is 0 Å². The van der Waals surface area contributed by atoms with Crippen LogP contribution in [0.25, 0.3) is 0 Å². The van der Waals surface area contributed by atoms with Gasteiger partial charge in [-0.25, -0.2) is 0 Å². The Labute approximate surface area is 472 Å². The summed E-state index contributed by atoms with van der Waals surface area (Å²) in [5, 5.41) is 3.35. The minimum Gasteiger partial charge on any atom is -0.344 e. The average Bonchev–Trinajstić information content (AvgIpc) is 3.43. The van der Waals surface area contributed by atoms with Crippen LogP contribution in [0.4, 0.5) is 0 Å². The normalized spacial score (nSPS) is 25.1. The third-order valence-electron chi connectivity index (χ3n) is 17.7. The van der Waals surface area contributed by atoms with Crippen LogP contribution < -0.4 is 5.32 Å². The van der Waals surface area contributed by atoms with Crippen LogP contribution in [0.5, 0.6) is 0 Å². The minimum absolute atomic E-state index is 0.0899. The summed E-state index contributed by atoms with van der Waals surface area (Å²) in [6.45, 7) is 36.2. The van der Waals surface area contributed by atoms with Crippen molar-refractivity contribution in [1.82, 2.24) is 44.5 Å². The number of hydrogen-bond donors (Lipinski definition) is 1. The van der Waals surface area contributed by atoms with Gasteiger partial charge in [-0.3, -0.25) is 53.1 Å². The third-order valence-corrected chi connectivity index (χ3v) is 17.7. The summed E-state index contributed by atoms with van der Waals surface area (Å²) < 4.78 is 0.